The summed E-state index contributed by atoms with van der Waals surface area (Å²) in [7, 11) is 2.78. The third-order valence-electron chi connectivity index (χ3n) is 2.31. The van der Waals surface area contributed by atoms with Crippen molar-refractivity contribution in [3.63, 3.8) is 0 Å². The summed E-state index contributed by atoms with van der Waals surface area (Å²) in [5.41, 5.74) is 0.735. The molecule has 0 amide bonds. The van der Waals surface area contributed by atoms with Gasteiger partial charge in [0.2, 0.25) is 0 Å². The zero-order valence-electron chi connectivity index (χ0n) is 11.1. The molecule has 19 heavy (non-hydrogen) atoms. The van der Waals surface area contributed by atoms with Gasteiger partial charge in [0.25, 0.3) is 0 Å². The van der Waals surface area contributed by atoms with Crippen LogP contribution in [0, 0.1) is 0 Å². The van der Waals surface area contributed by atoms with Gasteiger partial charge in [-0.05, 0) is 23.8 Å². The standard InChI is InChI=1S/C14H16O5/c1-4-13(15)19-11-7-5-10(9-12(11)17-2)6-8-14(16)18-3/h5-9H,4H2,1-3H3/b8-6+. The number of rotatable bonds is 5. The van der Waals surface area contributed by atoms with Gasteiger partial charge in [-0.1, -0.05) is 13.0 Å². The van der Waals surface area contributed by atoms with Crippen molar-refractivity contribution in [3.05, 3.63) is 29.8 Å². The molecule has 0 unspecified atom stereocenters. The second-order valence-corrected chi connectivity index (χ2v) is 3.59. The Balaban J connectivity index is 2.92. The van der Waals surface area contributed by atoms with Crippen LogP contribution in [0.3, 0.4) is 0 Å². The zero-order chi connectivity index (χ0) is 14.3. The molecule has 5 nitrogen and oxygen atoms in total. The molecule has 5 heteroatoms. The Labute approximate surface area is 111 Å². The number of benzene rings is 1. The predicted molar refractivity (Wildman–Crippen MR) is 70.0 cm³/mol. The molecule has 0 aliphatic heterocycles. The number of methoxy groups -OCH3 is 2. The molecule has 0 heterocycles. The number of esters is 2. The average Bonchev–Trinajstić information content (AvgIpc) is 2.45. The number of hydrogen-bond donors (Lipinski definition) is 0. The van der Waals surface area contributed by atoms with Crippen molar-refractivity contribution in [1.82, 2.24) is 0 Å². The zero-order valence-corrected chi connectivity index (χ0v) is 11.1. The minimum Gasteiger partial charge on any atom is -0.493 e. The summed E-state index contributed by atoms with van der Waals surface area (Å²) < 4.78 is 14.7. The normalized spacial score (nSPS) is 10.3. The van der Waals surface area contributed by atoms with Crippen LogP contribution < -0.4 is 9.47 Å². The molecule has 0 aliphatic carbocycles. The smallest absolute Gasteiger partial charge is 0.330 e. The van der Waals surface area contributed by atoms with Crippen LogP contribution in [0.5, 0.6) is 11.5 Å². The van der Waals surface area contributed by atoms with E-state index in [0.29, 0.717) is 11.5 Å². The van der Waals surface area contributed by atoms with Gasteiger partial charge in [0.15, 0.2) is 11.5 Å². The van der Waals surface area contributed by atoms with Gasteiger partial charge >= 0.3 is 11.9 Å². The maximum absolute atomic E-state index is 11.2. The lowest BCUT2D eigenvalue weighted by molar-refractivity contribution is -0.135. The number of carbonyl (C=O) groups excluding carboxylic acids is 2. The molecule has 0 aliphatic rings. The van der Waals surface area contributed by atoms with Crippen molar-refractivity contribution in [1.29, 1.82) is 0 Å². The molecule has 1 rings (SSSR count). The molecular weight excluding hydrogens is 248 g/mol. The summed E-state index contributed by atoms with van der Waals surface area (Å²) in [6.07, 6.45) is 3.17. The lowest BCUT2D eigenvalue weighted by Crippen LogP contribution is -2.06. The molecule has 0 bridgehead atoms. The highest BCUT2D eigenvalue weighted by Crippen LogP contribution is 2.28. The third kappa shape index (κ3) is 4.46. The highest BCUT2D eigenvalue weighted by molar-refractivity contribution is 5.87. The van der Waals surface area contributed by atoms with Crippen LogP contribution in [-0.2, 0) is 14.3 Å². The van der Waals surface area contributed by atoms with E-state index in [9.17, 15) is 9.59 Å². The first-order valence-corrected chi connectivity index (χ1v) is 5.75. The van der Waals surface area contributed by atoms with E-state index in [0.717, 1.165) is 5.56 Å². The van der Waals surface area contributed by atoms with Gasteiger partial charge in [-0.15, -0.1) is 0 Å². The van der Waals surface area contributed by atoms with E-state index in [1.54, 1.807) is 31.2 Å². The molecule has 1 aromatic carbocycles. The van der Waals surface area contributed by atoms with Crippen LogP contribution in [0.4, 0.5) is 0 Å². The van der Waals surface area contributed by atoms with Crippen molar-refractivity contribution in [2.24, 2.45) is 0 Å². The van der Waals surface area contributed by atoms with E-state index in [4.69, 9.17) is 9.47 Å². The van der Waals surface area contributed by atoms with Crippen LogP contribution in [0.25, 0.3) is 6.08 Å². The summed E-state index contributed by atoms with van der Waals surface area (Å²) in [6, 6.07) is 4.99. The van der Waals surface area contributed by atoms with Crippen LogP contribution in [0.1, 0.15) is 18.9 Å². The van der Waals surface area contributed by atoms with Crippen molar-refractivity contribution >= 4 is 18.0 Å². The first-order valence-electron chi connectivity index (χ1n) is 5.75. The van der Waals surface area contributed by atoms with E-state index in [-0.39, 0.29) is 12.4 Å². The molecule has 0 saturated carbocycles. The lowest BCUT2D eigenvalue weighted by Gasteiger charge is -2.09. The van der Waals surface area contributed by atoms with Crippen LogP contribution in [0.2, 0.25) is 0 Å². The predicted octanol–water partition coefficient (Wildman–Crippen LogP) is 2.20. The molecule has 0 saturated heterocycles. The molecule has 0 N–H and O–H groups in total. The van der Waals surface area contributed by atoms with Gasteiger partial charge in [0.05, 0.1) is 14.2 Å². The van der Waals surface area contributed by atoms with Crippen LogP contribution >= 0.6 is 0 Å². The van der Waals surface area contributed by atoms with Gasteiger partial charge < -0.3 is 14.2 Å². The van der Waals surface area contributed by atoms with Gasteiger partial charge in [-0.2, -0.15) is 0 Å². The Bertz CT molecular complexity index is 491. The van der Waals surface area contributed by atoms with E-state index in [1.807, 2.05) is 0 Å². The summed E-state index contributed by atoms with van der Waals surface area (Å²) in [4.78, 5) is 22.2. The lowest BCUT2D eigenvalue weighted by atomic mass is 10.2. The van der Waals surface area contributed by atoms with E-state index < -0.39 is 5.97 Å². The SMILES string of the molecule is CCC(=O)Oc1ccc(/C=C/C(=O)OC)cc1OC. The van der Waals surface area contributed by atoms with E-state index >= 15 is 0 Å². The van der Waals surface area contributed by atoms with Crippen molar-refractivity contribution in [3.8, 4) is 11.5 Å². The largest absolute Gasteiger partial charge is 0.493 e. The van der Waals surface area contributed by atoms with E-state index in [2.05, 4.69) is 4.74 Å². The molecule has 102 valence electrons. The van der Waals surface area contributed by atoms with Gasteiger partial charge in [-0.3, -0.25) is 4.79 Å². The van der Waals surface area contributed by atoms with Crippen molar-refractivity contribution in [2.45, 2.75) is 13.3 Å². The fourth-order valence-corrected chi connectivity index (χ4v) is 1.30. The molecule has 1 aromatic rings. The molecule has 0 radical (unpaired) electrons. The molecule has 0 aromatic heterocycles. The third-order valence-corrected chi connectivity index (χ3v) is 2.31. The quantitative estimate of drug-likeness (QED) is 0.463. The van der Waals surface area contributed by atoms with Crippen molar-refractivity contribution < 1.29 is 23.8 Å². The molecule has 0 fully saturated rings. The maximum atomic E-state index is 11.2. The fourth-order valence-electron chi connectivity index (χ4n) is 1.30. The van der Waals surface area contributed by atoms with Gasteiger partial charge in [-0.25, -0.2) is 4.79 Å². The Kier molecular flexibility index (Phi) is 5.60. The molecular formula is C14H16O5. The Morgan fingerprint density at radius 3 is 2.53 bits per heavy atom. The number of hydrogen-bond acceptors (Lipinski definition) is 5. The Morgan fingerprint density at radius 2 is 1.95 bits per heavy atom. The number of ether oxygens (including phenoxy) is 3. The second-order valence-electron chi connectivity index (χ2n) is 3.59. The fraction of sp³-hybridized carbons (Fsp3) is 0.286. The van der Waals surface area contributed by atoms with Crippen LogP contribution in [-0.4, -0.2) is 26.2 Å². The minimum atomic E-state index is -0.444. The van der Waals surface area contributed by atoms with Gasteiger partial charge in [0.1, 0.15) is 0 Å². The van der Waals surface area contributed by atoms with Crippen LogP contribution in [0.15, 0.2) is 24.3 Å². The average molecular weight is 264 g/mol. The minimum absolute atomic E-state index is 0.285. The topological polar surface area (TPSA) is 61.8 Å². The summed E-state index contributed by atoms with van der Waals surface area (Å²) in [6.45, 7) is 1.71. The number of carbonyl (C=O) groups is 2. The first kappa shape index (κ1) is 14.8. The highest BCUT2D eigenvalue weighted by atomic mass is 16.6. The molecule has 0 atom stereocenters. The van der Waals surface area contributed by atoms with E-state index in [1.165, 1.54) is 20.3 Å². The maximum Gasteiger partial charge on any atom is 0.330 e. The Hall–Kier alpha value is -2.30. The van der Waals surface area contributed by atoms with Crippen molar-refractivity contribution in [2.75, 3.05) is 14.2 Å². The van der Waals surface area contributed by atoms with Gasteiger partial charge in [0, 0.05) is 12.5 Å². The monoisotopic (exact) mass is 264 g/mol. The Morgan fingerprint density at radius 1 is 1.21 bits per heavy atom. The molecule has 0 spiro atoms. The summed E-state index contributed by atoms with van der Waals surface area (Å²) in [5.74, 6) is -0.00464. The summed E-state index contributed by atoms with van der Waals surface area (Å²) in [5, 5.41) is 0. The second kappa shape index (κ2) is 7.20. The first-order chi connectivity index (χ1) is 9.10. The highest BCUT2D eigenvalue weighted by Gasteiger charge is 2.08. The summed E-state index contributed by atoms with van der Waals surface area (Å²) >= 11 is 0.